The second-order valence-electron chi connectivity index (χ2n) is 7.64. The Balaban J connectivity index is 1.36. The highest BCUT2D eigenvalue weighted by atomic mass is 15.0. The summed E-state index contributed by atoms with van der Waals surface area (Å²) in [4.78, 5) is 4.34. The van der Waals surface area contributed by atoms with Crippen LogP contribution in [0.4, 0.5) is 0 Å². The molecular formula is C28H28N2. The first kappa shape index (κ1) is 19.9. The molecule has 4 aromatic rings. The molecule has 0 radical (unpaired) electrons. The van der Waals surface area contributed by atoms with Crippen LogP contribution in [-0.2, 0) is 6.54 Å². The Labute approximate surface area is 179 Å². The van der Waals surface area contributed by atoms with Crippen molar-refractivity contribution >= 4 is 6.08 Å². The van der Waals surface area contributed by atoms with E-state index in [0.717, 1.165) is 31.5 Å². The lowest BCUT2D eigenvalue weighted by molar-refractivity contribution is 0.669. The maximum Gasteiger partial charge on any atom is 0.0953 e. The number of aromatic nitrogens is 2. The molecule has 0 amide bonds. The van der Waals surface area contributed by atoms with E-state index >= 15 is 0 Å². The first-order valence-electron chi connectivity index (χ1n) is 10.7. The molecule has 0 bridgehead atoms. The van der Waals surface area contributed by atoms with Crippen molar-refractivity contribution in [3.8, 4) is 0 Å². The average Bonchev–Trinajstić information content (AvgIpc) is 3.25. The summed E-state index contributed by atoms with van der Waals surface area (Å²) in [6.45, 7) is 0.852. The molecule has 0 saturated heterocycles. The third-order valence-electron chi connectivity index (χ3n) is 5.50. The summed E-state index contributed by atoms with van der Waals surface area (Å²) < 4.78 is 2.20. The topological polar surface area (TPSA) is 17.8 Å². The molecule has 0 aliphatic heterocycles. The van der Waals surface area contributed by atoms with Gasteiger partial charge in [0.2, 0.25) is 0 Å². The quantitative estimate of drug-likeness (QED) is 0.282. The maximum atomic E-state index is 4.34. The molecule has 0 N–H and O–H groups in total. The zero-order valence-electron chi connectivity index (χ0n) is 17.3. The minimum atomic E-state index is 0.449. The molecule has 1 aromatic heterocycles. The summed E-state index contributed by atoms with van der Waals surface area (Å²) >= 11 is 0. The van der Waals surface area contributed by atoms with E-state index in [1.807, 2.05) is 12.5 Å². The molecule has 2 heteroatoms. The third-order valence-corrected chi connectivity index (χ3v) is 5.50. The molecule has 4 rings (SSSR count). The van der Waals surface area contributed by atoms with Crippen molar-refractivity contribution in [1.29, 1.82) is 0 Å². The zero-order valence-corrected chi connectivity index (χ0v) is 17.3. The smallest absolute Gasteiger partial charge is 0.0953 e. The van der Waals surface area contributed by atoms with Gasteiger partial charge in [0.1, 0.15) is 0 Å². The lowest BCUT2D eigenvalue weighted by Crippen LogP contribution is -2.01. The van der Waals surface area contributed by atoms with Gasteiger partial charge >= 0.3 is 0 Å². The van der Waals surface area contributed by atoms with Crippen molar-refractivity contribution in [2.24, 2.45) is 0 Å². The van der Waals surface area contributed by atoms with Crippen molar-refractivity contribution in [2.75, 3.05) is 0 Å². The molecule has 2 nitrogen and oxygen atoms in total. The maximum absolute atomic E-state index is 4.34. The van der Waals surface area contributed by atoms with Crippen LogP contribution in [0.5, 0.6) is 0 Å². The van der Waals surface area contributed by atoms with Crippen molar-refractivity contribution < 1.29 is 0 Å². The predicted molar refractivity (Wildman–Crippen MR) is 125 cm³/mol. The average molecular weight is 393 g/mol. The number of allylic oxidation sites excluding steroid dienone is 1. The molecule has 30 heavy (non-hydrogen) atoms. The molecule has 0 aliphatic carbocycles. The monoisotopic (exact) mass is 392 g/mol. The van der Waals surface area contributed by atoms with Crippen molar-refractivity contribution in [3.63, 3.8) is 0 Å². The van der Waals surface area contributed by atoms with E-state index in [-0.39, 0.29) is 0 Å². The normalized spacial score (nSPS) is 11.4. The molecule has 0 spiro atoms. The Morgan fingerprint density at radius 1 is 0.767 bits per heavy atom. The second kappa shape index (κ2) is 10.4. The standard InChI is InChI=1S/C28H28N2/c1-5-13-24(14-6-1)22-30-23-29-21-27(30)19-11-4-12-20-28(25-15-7-2-8-16-25)26-17-9-3-10-18-26/h1-3,5-11,13-19,21,23,28H,4,12,20,22H2. The number of hydrogen-bond acceptors (Lipinski definition) is 1. The Morgan fingerprint density at radius 3 is 2.00 bits per heavy atom. The van der Waals surface area contributed by atoms with Crippen LogP contribution in [-0.4, -0.2) is 9.55 Å². The number of imidazole rings is 1. The Hall–Kier alpha value is -3.39. The van der Waals surface area contributed by atoms with Gasteiger partial charge in [0.25, 0.3) is 0 Å². The summed E-state index contributed by atoms with van der Waals surface area (Å²) in [5.74, 6) is 0.449. The molecule has 150 valence electrons. The minimum Gasteiger partial charge on any atom is -0.327 e. The molecule has 3 aromatic carbocycles. The Kier molecular flexibility index (Phi) is 6.90. The summed E-state index contributed by atoms with van der Waals surface area (Å²) in [5, 5.41) is 0. The van der Waals surface area contributed by atoms with E-state index in [1.54, 1.807) is 0 Å². The highest BCUT2D eigenvalue weighted by molar-refractivity contribution is 5.44. The molecule has 0 unspecified atom stereocenters. The van der Waals surface area contributed by atoms with Crippen molar-refractivity contribution in [2.45, 2.75) is 31.7 Å². The van der Waals surface area contributed by atoms with E-state index < -0.39 is 0 Å². The van der Waals surface area contributed by atoms with Crippen LogP contribution in [0.15, 0.2) is 110 Å². The molecular weight excluding hydrogens is 364 g/mol. The van der Waals surface area contributed by atoms with Crippen LogP contribution in [0.2, 0.25) is 0 Å². The van der Waals surface area contributed by atoms with Crippen molar-refractivity contribution in [3.05, 3.63) is 132 Å². The fourth-order valence-electron chi connectivity index (χ4n) is 3.92. The highest BCUT2D eigenvalue weighted by Gasteiger charge is 2.12. The number of benzene rings is 3. The summed E-state index contributed by atoms with van der Waals surface area (Å²) in [5.41, 5.74) is 5.24. The SMILES string of the molecule is C(=Cc1cncn1Cc1ccccc1)CCCC(c1ccccc1)c1ccccc1. The van der Waals surface area contributed by atoms with Gasteiger partial charge in [0.15, 0.2) is 0 Å². The van der Waals surface area contributed by atoms with Gasteiger partial charge in [0.05, 0.1) is 18.2 Å². The first-order chi connectivity index (χ1) is 14.9. The number of hydrogen-bond donors (Lipinski definition) is 0. The minimum absolute atomic E-state index is 0.449. The van der Waals surface area contributed by atoms with E-state index in [1.165, 1.54) is 16.7 Å². The molecule has 0 fully saturated rings. The van der Waals surface area contributed by atoms with Gasteiger partial charge in [-0.3, -0.25) is 0 Å². The van der Waals surface area contributed by atoms with Gasteiger partial charge in [-0.1, -0.05) is 97.1 Å². The molecule has 0 saturated carbocycles. The summed E-state index contributed by atoms with van der Waals surface area (Å²) in [6.07, 6.45) is 11.7. The fraction of sp³-hybridized carbons (Fsp3) is 0.179. The van der Waals surface area contributed by atoms with Gasteiger partial charge in [-0.25, -0.2) is 4.98 Å². The van der Waals surface area contributed by atoms with Gasteiger partial charge in [-0.2, -0.15) is 0 Å². The Morgan fingerprint density at radius 2 is 1.37 bits per heavy atom. The van der Waals surface area contributed by atoms with E-state index in [4.69, 9.17) is 0 Å². The second-order valence-corrected chi connectivity index (χ2v) is 7.64. The van der Waals surface area contributed by atoms with Crippen LogP contribution in [0.25, 0.3) is 6.08 Å². The molecule has 0 aliphatic rings. The van der Waals surface area contributed by atoms with Crippen LogP contribution in [0.1, 0.15) is 47.6 Å². The van der Waals surface area contributed by atoms with Gasteiger partial charge in [-0.15, -0.1) is 0 Å². The largest absolute Gasteiger partial charge is 0.327 e. The lowest BCUT2D eigenvalue weighted by Gasteiger charge is -2.17. The number of unbranched alkanes of at least 4 members (excludes halogenated alkanes) is 1. The van der Waals surface area contributed by atoms with Gasteiger partial charge < -0.3 is 4.57 Å². The molecule has 1 heterocycles. The van der Waals surface area contributed by atoms with E-state index in [2.05, 4.69) is 113 Å². The fourth-order valence-corrected chi connectivity index (χ4v) is 3.92. The lowest BCUT2D eigenvalue weighted by atomic mass is 9.87. The molecule has 0 atom stereocenters. The Bertz CT molecular complexity index is 994. The number of rotatable bonds is 9. The van der Waals surface area contributed by atoms with E-state index in [0.29, 0.717) is 5.92 Å². The highest BCUT2D eigenvalue weighted by Crippen LogP contribution is 2.29. The van der Waals surface area contributed by atoms with Crippen LogP contribution in [0.3, 0.4) is 0 Å². The van der Waals surface area contributed by atoms with Gasteiger partial charge in [0, 0.05) is 12.5 Å². The van der Waals surface area contributed by atoms with Gasteiger partial charge in [-0.05, 0) is 42.0 Å². The number of nitrogens with zero attached hydrogens (tertiary/aromatic N) is 2. The summed E-state index contributed by atoms with van der Waals surface area (Å²) in [7, 11) is 0. The predicted octanol–water partition coefficient (Wildman–Crippen LogP) is 6.95. The van der Waals surface area contributed by atoms with Crippen LogP contribution < -0.4 is 0 Å². The van der Waals surface area contributed by atoms with E-state index in [9.17, 15) is 0 Å². The van der Waals surface area contributed by atoms with Crippen LogP contribution in [0, 0.1) is 0 Å². The first-order valence-corrected chi connectivity index (χ1v) is 10.7. The summed E-state index contributed by atoms with van der Waals surface area (Å²) in [6, 6.07) is 32.2. The zero-order chi connectivity index (χ0) is 20.4. The van der Waals surface area contributed by atoms with Crippen LogP contribution >= 0.6 is 0 Å². The van der Waals surface area contributed by atoms with Crippen molar-refractivity contribution in [1.82, 2.24) is 9.55 Å². The third kappa shape index (κ3) is 5.36.